The molecule has 1 aromatic rings. The van der Waals surface area contributed by atoms with E-state index in [2.05, 4.69) is 4.98 Å². The third-order valence-electron chi connectivity index (χ3n) is 1.46. The molecule has 0 aromatic carbocycles. The average molecular weight is 213 g/mol. The highest BCUT2D eigenvalue weighted by atomic mass is 32.1. The van der Waals surface area contributed by atoms with Crippen LogP contribution in [0.2, 0.25) is 0 Å². The van der Waals surface area contributed by atoms with Crippen LogP contribution in [0, 0.1) is 6.92 Å². The first kappa shape index (κ1) is 10.5. The van der Waals surface area contributed by atoms with Crippen LogP contribution in [0.1, 0.15) is 21.1 Å². The molecule has 0 fully saturated rings. The fourth-order valence-corrected chi connectivity index (χ4v) is 1.51. The van der Waals surface area contributed by atoms with Crippen molar-refractivity contribution < 1.29 is 19.5 Å². The summed E-state index contributed by atoms with van der Waals surface area (Å²) in [7, 11) is 0. The van der Waals surface area contributed by atoms with Crippen LogP contribution >= 0.6 is 11.3 Å². The predicted octanol–water partition coefficient (Wildman–Crippen LogP) is 0.678. The van der Waals surface area contributed by atoms with E-state index in [9.17, 15) is 14.4 Å². The van der Waals surface area contributed by atoms with Crippen molar-refractivity contribution in [1.82, 2.24) is 4.98 Å². The highest BCUT2D eigenvalue weighted by Crippen LogP contribution is 2.13. The lowest BCUT2D eigenvalue weighted by Crippen LogP contribution is -2.16. The van der Waals surface area contributed by atoms with Gasteiger partial charge in [-0.25, -0.2) is 9.78 Å². The van der Waals surface area contributed by atoms with Gasteiger partial charge in [0.2, 0.25) is 5.78 Å². The normalized spacial score (nSPS) is 9.79. The molecule has 0 amide bonds. The molecule has 0 bridgehead atoms. The minimum absolute atomic E-state index is 0.317. The maximum Gasteiger partial charge on any atom is 0.372 e. The Morgan fingerprint density at radius 3 is 2.57 bits per heavy atom. The zero-order valence-electron chi connectivity index (χ0n) is 7.31. The SMILES string of the molecule is Cc1ncc(C(=O)CC(=O)C(=O)O)s1. The van der Waals surface area contributed by atoms with E-state index in [1.807, 2.05) is 0 Å². The van der Waals surface area contributed by atoms with Gasteiger partial charge in [-0.3, -0.25) is 9.59 Å². The Morgan fingerprint density at radius 2 is 2.14 bits per heavy atom. The molecular formula is C8H7NO4S. The van der Waals surface area contributed by atoms with Crippen molar-refractivity contribution >= 4 is 28.9 Å². The zero-order chi connectivity index (χ0) is 10.7. The molecule has 6 heteroatoms. The molecule has 0 aliphatic rings. The number of rotatable bonds is 4. The molecule has 1 rings (SSSR count). The summed E-state index contributed by atoms with van der Waals surface area (Å²) in [6, 6.07) is 0. The largest absolute Gasteiger partial charge is 0.475 e. The van der Waals surface area contributed by atoms with Crippen LogP contribution in [0.15, 0.2) is 6.20 Å². The first-order chi connectivity index (χ1) is 6.50. The van der Waals surface area contributed by atoms with Crippen LogP contribution in [-0.2, 0) is 9.59 Å². The van der Waals surface area contributed by atoms with Crippen molar-refractivity contribution in [2.75, 3.05) is 0 Å². The summed E-state index contributed by atoms with van der Waals surface area (Å²) in [5.41, 5.74) is 0. The molecule has 14 heavy (non-hydrogen) atoms. The number of hydrogen-bond acceptors (Lipinski definition) is 5. The minimum Gasteiger partial charge on any atom is -0.475 e. The highest BCUT2D eigenvalue weighted by Gasteiger charge is 2.18. The van der Waals surface area contributed by atoms with Crippen LogP contribution in [0.5, 0.6) is 0 Å². The zero-order valence-corrected chi connectivity index (χ0v) is 8.13. The lowest BCUT2D eigenvalue weighted by Gasteiger charge is -1.91. The topological polar surface area (TPSA) is 84.3 Å². The molecular weight excluding hydrogens is 206 g/mol. The van der Waals surface area contributed by atoms with Gasteiger partial charge in [0.1, 0.15) is 0 Å². The molecule has 0 aliphatic carbocycles. The second-order valence-corrected chi connectivity index (χ2v) is 3.81. The molecule has 74 valence electrons. The molecule has 0 atom stereocenters. The molecule has 0 saturated carbocycles. The van der Waals surface area contributed by atoms with Crippen LogP contribution in [0.25, 0.3) is 0 Å². The number of carbonyl (C=O) groups is 3. The second kappa shape index (κ2) is 4.10. The fraction of sp³-hybridized carbons (Fsp3) is 0.250. The Morgan fingerprint density at radius 1 is 1.50 bits per heavy atom. The number of aliphatic carboxylic acids is 1. The Bertz CT molecular complexity index is 396. The van der Waals surface area contributed by atoms with E-state index in [0.717, 1.165) is 11.3 Å². The molecule has 1 aromatic heterocycles. The third-order valence-corrected chi connectivity index (χ3v) is 2.41. The number of thiazole rings is 1. The molecule has 1 N–H and O–H groups in total. The van der Waals surface area contributed by atoms with Crippen LogP contribution < -0.4 is 0 Å². The van der Waals surface area contributed by atoms with Crippen LogP contribution in [-0.4, -0.2) is 27.6 Å². The van der Waals surface area contributed by atoms with Gasteiger partial charge in [-0.05, 0) is 6.92 Å². The third kappa shape index (κ3) is 2.46. The summed E-state index contributed by atoms with van der Waals surface area (Å²) in [5.74, 6) is -3.18. The van der Waals surface area contributed by atoms with Crippen molar-refractivity contribution in [2.24, 2.45) is 0 Å². The van der Waals surface area contributed by atoms with Gasteiger partial charge in [0, 0.05) is 6.20 Å². The second-order valence-electron chi connectivity index (χ2n) is 2.57. The number of Topliss-reactive ketones (excluding diaryl/α,β-unsaturated/α-hetero) is 2. The molecule has 0 radical (unpaired) electrons. The lowest BCUT2D eigenvalue weighted by atomic mass is 10.2. The summed E-state index contributed by atoms with van der Waals surface area (Å²) < 4.78 is 0. The summed E-state index contributed by atoms with van der Waals surface area (Å²) in [6.07, 6.45) is 0.744. The maximum absolute atomic E-state index is 11.3. The number of carboxylic acid groups (broad SMARTS) is 1. The van der Waals surface area contributed by atoms with E-state index in [1.54, 1.807) is 6.92 Å². The van der Waals surface area contributed by atoms with Crippen LogP contribution in [0.3, 0.4) is 0 Å². The van der Waals surface area contributed by atoms with E-state index >= 15 is 0 Å². The number of ketones is 2. The molecule has 0 aliphatic heterocycles. The van der Waals surface area contributed by atoms with E-state index in [1.165, 1.54) is 6.20 Å². The first-order valence-electron chi connectivity index (χ1n) is 3.72. The van der Waals surface area contributed by atoms with Crippen molar-refractivity contribution in [3.05, 3.63) is 16.1 Å². The Kier molecular flexibility index (Phi) is 3.08. The van der Waals surface area contributed by atoms with Gasteiger partial charge in [0.25, 0.3) is 0 Å². The van der Waals surface area contributed by atoms with Gasteiger partial charge in [-0.1, -0.05) is 0 Å². The first-order valence-corrected chi connectivity index (χ1v) is 4.54. The van der Waals surface area contributed by atoms with Crippen LogP contribution in [0.4, 0.5) is 0 Å². The van der Waals surface area contributed by atoms with Crippen molar-refractivity contribution in [3.63, 3.8) is 0 Å². The predicted molar refractivity (Wildman–Crippen MR) is 48.4 cm³/mol. The quantitative estimate of drug-likeness (QED) is 0.451. The maximum atomic E-state index is 11.3. The van der Waals surface area contributed by atoms with Crippen molar-refractivity contribution in [1.29, 1.82) is 0 Å². The summed E-state index contributed by atoms with van der Waals surface area (Å²) in [5, 5.41) is 8.97. The van der Waals surface area contributed by atoms with Crippen molar-refractivity contribution in [3.8, 4) is 0 Å². The van der Waals surface area contributed by atoms with E-state index < -0.39 is 24.0 Å². The molecule has 0 spiro atoms. The van der Waals surface area contributed by atoms with E-state index in [-0.39, 0.29) is 0 Å². The Labute approximate surface area is 83.4 Å². The smallest absolute Gasteiger partial charge is 0.372 e. The summed E-state index contributed by atoms with van der Waals surface area (Å²) in [6.45, 7) is 1.72. The number of aromatic nitrogens is 1. The highest BCUT2D eigenvalue weighted by molar-refractivity contribution is 7.13. The molecule has 5 nitrogen and oxygen atoms in total. The van der Waals surface area contributed by atoms with Gasteiger partial charge in [0.15, 0.2) is 5.78 Å². The standard InChI is InChI=1S/C8H7NO4S/c1-4-9-3-7(14-4)5(10)2-6(11)8(12)13/h3H,2H2,1H3,(H,12,13). The Hall–Kier alpha value is -1.56. The number of carboxylic acids is 1. The van der Waals surface area contributed by atoms with Crippen molar-refractivity contribution in [2.45, 2.75) is 13.3 Å². The number of nitrogens with zero attached hydrogens (tertiary/aromatic N) is 1. The molecule has 1 heterocycles. The Balaban J connectivity index is 2.68. The summed E-state index contributed by atoms with van der Waals surface area (Å²) in [4.78, 5) is 36.3. The number of aryl methyl sites for hydroxylation is 1. The monoisotopic (exact) mass is 213 g/mol. The summed E-state index contributed by atoms with van der Waals surface area (Å²) >= 11 is 1.14. The molecule has 0 unspecified atom stereocenters. The van der Waals surface area contributed by atoms with Gasteiger partial charge < -0.3 is 5.11 Å². The van der Waals surface area contributed by atoms with Gasteiger partial charge in [-0.2, -0.15) is 0 Å². The molecule has 0 saturated heterocycles. The number of hydrogen-bond donors (Lipinski definition) is 1. The van der Waals surface area contributed by atoms with Gasteiger partial charge in [-0.15, -0.1) is 11.3 Å². The average Bonchev–Trinajstić information content (AvgIpc) is 2.51. The van der Waals surface area contributed by atoms with E-state index in [4.69, 9.17) is 5.11 Å². The van der Waals surface area contributed by atoms with Gasteiger partial charge in [0.05, 0.1) is 16.3 Å². The number of carbonyl (C=O) groups excluding carboxylic acids is 2. The fourth-order valence-electron chi connectivity index (χ4n) is 0.799. The van der Waals surface area contributed by atoms with E-state index in [0.29, 0.717) is 9.88 Å². The lowest BCUT2D eigenvalue weighted by molar-refractivity contribution is -0.148. The minimum atomic E-state index is -1.58. The van der Waals surface area contributed by atoms with Gasteiger partial charge >= 0.3 is 5.97 Å².